The van der Waals surface area contributed by atoms with E-state index in [0.29, 0.717) is 6.61 Å². The van der Waals surface area contributed by atoms with Gasteiger partial charge in [0.1, 0.15) is 0 Å². The summed E-state index contributed by atoms with van der Waals surface area (Å²) in [6, 6.07) is 4.43. The van der Waals surface area contributed by atoms with Crippen LogP contribution in [-0.2, 0) is 11.2 Å². The van der Waals surface area contributed by atoms with Gasteiger partial charge in [0, 0.05) is 19.4 Å². The lowest BCUT2D eigenvalue weighted by Gasteiger charge is -2.37. The molecule has 1 aliphatic rings. The quantitative estimate of drug-likeness (QED) is 0.904. The fourth-order valence-corrected chi connectivity index (χ4v) is 3.49. The molecule has 0 saturated carbocycles. The maximum atomic E-state index is 11.0. The van der Waals surface area contributed by atoms with E-state index < -0.39 is 5.60 Å². The second-order valence-corrected chi connectivity index (χ2v) is 6.51. The van der Waals surface area contributed by atoms with Crippen LogP contribution in [0.1, 0.15) is 54.9 Å². The topological polar surface area (TPSA) is 29.5 Å². The van der Waals surface area contributed by atoms with Gasteiger partial charge in [0.25, 0.3) is 0 Å². The van der Waals surface area contributed by atoms with Crippen LogP contribution in [0.15, 0.2) is 12.1 Å². The van der Waals surface area contributed by atoms with Gasteiger partial charge < -0.3 is 9.84 Å². The molecule has 0 aliphatic carbocycles. The maximum absolute atomic E-state index is 11.0. The van der Waals surface area contributed by atoms with Crippen LogP contribution in [0.4, 0.5) is 0 Å². The van der Waals surface area contributed by atoms with Gasteiger partial charge in [-0.25, -0.2) is 0 Å². The van der Waals surface area contributed by atoms with Crippen molar-refractivity contribution in [3.63, 3.8) is 0 Å². The smallest absolute Gasteiger partial charge is 0.0734 e. The predicted molar refractivity (Wildman–Crippen MR) is 83.2 cm³/mol. The second kappa shape index (κ2) is 6.28. The number of ether oxygens (including phenoxy) is 1. The van der Waals surface area contributed by atoms with Crippen LogP contribution in [0.3, 0.4) is 0 Å². The molecular weight excluding hydrogens is 248 g/mol. The molecule has 112 valence electrons. The summed E-state index contributed by atoms with van der Waals surface area (Å²) >= 11 is 0. The number of hydrogen-bond donors (Lipinski definition) is 1. The van der Waals surface area contributed by atoms with Crippen LogP contribution in [0.25, 0.3) is 0 Å². The Morgan fingerprint density at radius 3 is 2.50 bits per heavy atom. The van der Waals surface area contributed by atoms with Crippen LogP contribution in [0.2, 0.25) is 0 Å². The van der Waals surface area contributed by atoms with Gasteiger partial charge in [0.2, 0.25) is 0 Å². The van der Waals surface area contributed by atoms with Gasteiger partial charge in [0.15, 0.2) is 0 Å². The van der Waals surface area contributed by atoms with Crippen molar-refractivity contribution in [2.75, 3.05) is 6.61 Å². The summed E-state index contributed by atoms with van der Waals surface area (Å²) in [4.78, 5) is 0. The molecule has 2 atom stereocenters. The van der Waals surface area contributed by atoms with E-state index in [0.717, 1.165) is 32.1 Å². The van der Waals surface area contributed by atoms with Crippen molar-refractivity contribution in [1.82, 2.24) is 0 Å². The molecule has 2 unspecified atom stereocenters. The molecule has 20 heavy (non-hydrogen) atoms. The van der Waals surface area contributed by atoms with E-state index in [4.69, 9.17) is 4.74 Å². The van der Waals surface area contributed by atoms with E-state index in [1.807, 2.05) is 0 Å². The first-order valence-electron chi connectivity index (χ1n) is 7.84. The Morgan fingerprint density at radius 2 is 1.90 bits per heavy atom. The van der Waals surface area contributed by atoms with Crippen molar-refractivity contribution in [3.05, 3.63) is 34.4 Å². The monoisotopic (exact) mass is 276 g/mol. The standard InChI is InChI=1S/C18H28O2/c1-5-6-16-11-18(19,7-8-20-16)12-17-14(3)9-13(2)10-15(17)4/h9-10,16,19H,5-8,11-12H2,1-4H3. The summed E-state index contributed by atoms with van der Waals surface area (Å²) in [5.74, 6) is 0. The zero-order chi connectivity index (χ0) is 14.8. The van der Waals surface area contributed by atoms with Crippen molar-refractivity contribution in [2.24, 2.45) is 0 Å². The molecule has 1 aromatic rings. The summed E-state index contributed by atoms with van der Waals surface area (Å²) in [6.07, 6.45) is 4.67. The molecule has 2 rings (SSSR count). The summed E-state index contributed by atoms with van der Waals surface area (Å²) in [6.45, 7) is 9.30. The molecule has 1 fully saturated rings. The Bertz CT molecular complexity index is 441. The minimum absolute atomic E-state index is 0.227. The van der Waals surface area contributed by atoms with Crippen molar-refractivity contribution >= 4 is 0 Å². The van der Waals surface area contributed by atoms with Gasteiger partial charge in [0.05, 0.1) is 11.7 Å². The second-order valence-electron chi connectivity index (χ2n) is 6.51. The van der Waals surface area contributed by atoms with E-state index in [9.17, 15) is 5.11 Å². The molecule has 2 heteroatoms. The Kier molecular flexibility index (Phi) is 4.87. The molecular formula is C18H28O2. The van der Waals surface area contributed by atoms with Crippen LogP contribution in [0.5, 0.6) is 0 Å². The fraction of sp³-hybridized carbons (Fsp3) is 0.667. The van der Waals surface area contributed by atoms with Crippen LogP contribution < -0.4 is 0 Å². The minimum Gasteiger partial charge on any atom is -0.389 e. The van der Waals surface area contributed by atoms with Gasteiger partial charge in [-0.2, -0.15) is 0 Å². The molecule has 0 aromatic heterocycles. The van der Waals surface area contributed by atoms with Crippen molar-refractivity contribution in [1.29, 1.82) is 0 Å². The third kappa shape index (κ3) is 3.62. The first kappa shape index (κ1) is 15.5. The first-order valence-corrected chi connectivity index (χ1v) is 7.84. The Balaban J connectivity index is 2.16. The molecule has 1 saturated heterocycles. The van der Waals surface area contributed by atoms with Crippen LogP contribution >= 0.6 is 0 Å². The number of aryl methyl sites for hydroxylation is 3. The number of aliphatic hydroxyl groups is 1. The molecule has 0 bridgehead atoms. The molecule has 0 amide bonds. The molecule has 0 radical (unpaired) electrons. The predicted octanol–water partition coefficient (Wildman–Crippen LogP) is 3.86. The number of rotatable bonds is 4. The van der Waals surface area contributed by atoms with E-state index in [2.05, 4.69) is 39.8 Å². The highest BCUT2D eigenvalue weighted by molar-refractivity contribution is 5.38. The van der Waals surface area contributed by atoms with Gasteiger partial charge in [-0.05, 0) is 50.3 Å². The van der Waals surface area contributed by atoms with Crippen molar-refractivity contribution < 1.29 is 9.84 Å². The molecule has 1 aromatic carbocycles. The van der Waals surface area contributed by atoms with E-state index >= 15 is 0 Å². The fourth-order valence-electron chi connectivity index (χ4n) is 3.49. The van der Waals surface area contributed by atoms with Gasteiger partial charge in [-0.1, -0.05) is 31.0 Å². The lowest BCUT2D eigenvalue weighted by atomic mass is 9.81. The first-order chi connectivity index (χ1) is 9.43. The third-order valence-electron chi connectivity index (χ3n) is 4.49. The maximum Gasteiger partial charge on any atom is 0.0734 e. The average Bonchev–Trinajstić information content (AvgIpc) is 2.34. The molecule has 1 N–H and O–H groups in total. The highest BCUT2D eigenvalue weighted by Gasteiger charge is 2.35. The highest BCUT2D eigenvalue weighted by Crippen LogP contribution is 2.32. The Morgan fingerprint density at radius 1 is 1.25 bits per heavy atom. The van der Waals surface area contributed by atoms with Gasteiger partial charge in [-0.15, -0.1) is 0 Å². The summed E-state index contributed by atoms with van der Waals surface area (Å²) in [5, 5.41) is 11.0. The summed E-state index contributed by atoms with van der Waals surface area (Å²) in [7, 11) is 0. The summed E-state index contributed by atoms with van der Waals surface area (Å²) in [5.41, 5.74) is 4.62. The largest absolute Gasteiger partial charge is 0.389 e. The van der Waals surface area contributed by atoms with Crippen LogP contribution in [0, 0.1) is 20.8 Å². The van der Waals surface area contributed by atoms with E-state index in [1.54, 1.807) is 0 Å². The summed E-state index contributed by atoms with van der Waals surface area (Å²) < 4.78 is 5.77. The van der Waals surface area contributed by atoms with Crippen LogP contribution in [-0.4, -0.2) is 23.4 Å². The van der Waals surface area contributed by atoms with Gasteiger partial charge >= 0.3 is 0 Å². The lowest BCUT2D eigenvalue weighted by molar-refractivity contribution is -0.105. The Hall–Kier alpha value is -0.860. The SMILES string of the molecule is CCCC1CC(O)(Cc2c(C)cc(C)cc2C)CCO1. The minimum atomic E-state index is -0.594. The van der Waals surface area contributed by atoms with E-state index in [1.165, 1.54) is 22.3 Å². The van der Waals surface area contributed by atoms with Crippen molar-refractivity contribution in [2.45, 2.75) is 71.5 Å². The normalized spacial score (nSPS) is 26.8. The molecule has 0 spiro atoms. The average molecular weight is 276 g/mol. The lowest BCUT2D eigenvalue weighted by Crippen LogP contribution is -2.42. The third-order valence-corrected chi connectivity index (χ3v) is 4.49. The molecule has 1 heterocycles. The zero-order valence-corrected chi connectivity index (χ0v) is 13.3. The molecule has 2 nitrogen and oxygen atoms in total. The van der Waals surface area contributed by atoms with Crippen molar-refractivity contribution in [3.8, 4) is 0 Å². The van der Waals surface area contributed by atoms with E-state index in [-0.39, 0.29) is 6.10 Å². The highest BCUT2D eigenvalue weighted by atomic mass is 16.5. The number of hydrogen-bond acceptors (Lipinski definition) is 2. The zero-order valence-electron chi connectivity index (χ0n) is 13.3. The molecule has 1 aliphatic heterocycles. The Labute approximate surface area is 123 Å². The number of benzene rings is 1. The van der Waals surface area contributed by atoms with Gasteiger partial charge in [-0.3, -0.25) is 0 Å².